The Labute approximate surface area is 240 Å². The van der Waals surface area contributed by atoms with Crippen LogP contribution in [-0.2, 0) is 4.79 Å². The maximum absolute atomic E-state index is 13.9. The third-order valence-electron chi connectivity index (χ3n) is 6.77. The molecule has 0 bridgehead atoms. The number of fused-ring (bicyclic) bond motifs is 1. The number of nitro benzene ring substituents is 1. The number of aromatic nitrogens is 3. The van der Waals surface area contributed by atoms with Gasteiger partial charge in [0.05, 0.1) is 44.6 Å². The van der Waals surface area contributed by atoms with Gasteiger partial charge < -0.3 is 29.6 Å². The van der Waals surface area contributed by atoms with Crippen molar-refractivity contribution in [3.8, 4) is 34.4 Å². The van der Waals surface area contributed by atoms with E-state index in [0.717, 1.165) is 0 Å². The van der Waals surface area contributed by atoms with E-state index in [1.54, 1.807) is 55.5 Å². The van der Waals surface area contributed by atoms with Crippen LogP contribution in [0.4, 0.5) is 17.3 Å². The highest BCUT2D eigenvalue weighted by molar-refractivity contribution is 6.06. The van der Waals surface area contributed by atoms with Crippen molar-refractivity contribution in [2.45, 2.75) is 13.0 Å². The van der Waals surface area contributed by atoms with Crippen LogP contribution in [0.5, 0.6) is 23.0 Å². The van der Waals surface area contributed by atoms with Crippen LogP contribution in [0.3, 0.4) is 0 Å². The first kappa shape index (κ1) is 28.0. The fraction of sp³-hybridized carbons (Fsp3) is 0.207. The van der Waals surface area contributed by atoms with Gasteiger partial charge >= 0.3 is 0 Å². The normalized spacial score (nSPS) is 14.0. The number of allylic oxidation sites excluding steroid dienone is 1. The number of hydrogen-bond donors (Lipinski definition) is 2. The number of nitro groups is 1. The van der Waals surface area contributed by atoms with Gasteiger partial charge in [-0.2, -0.15) is 4.98 Å². The minimum atomic E-state index is -0.862. The van der Waals surface area contributed by atoms with Gasteiger partial charge in [0.1, 0.15) is 11.8 Å². The molecule has 0 saturated carbocycles. The molecular weight excluding hydrogens is 544 g/mol. The van der Waals surface area contributed by atoms with E-state index in [0.29, 0.717) is 57.3 Å². The van der Waals surface area contributed by atoms with E-state index in [9.17, 15) is 14.9 Å². The lowest BCUT2D eigenvalue weighted by Crippen LogP contribution is -2.31. The minimum absolute atomic E-state index is 0.125. The Hall–Kier alpha value is -5.59. The minimum Gasteiger partial charge on any atom is -0.495 e. The summed E-state index contributed by atoms with van der Waals surface area (Å²) < 4.78 is 23.3. The summed E-state index contributed by atoms with van der Waals surface area (Å²) in [5, 5.41) is 22.5. The third-order valence-corrected chi connectivity index (χ3v) is 6.77. The maximum Gasteiger partial charge on any atom is 0.269 e. The molecule has 0 fully saturated rings. The molecule has 42 heavy (non-hydrogen) atoms. The van der Waals surface area contributed by atoms with Crippen LogP contribution in [-0.4, -0.2) is 54.0 Å². The zero-order valence-corrected chi connectivity index (χ0v) is 23.5. The Kier molecular flexibility index (Phi) is 7.65. The monoisotopic (exact) mass is 572 g/mol. The van der Waals surface area contributed by atoms with Crippen molar-refractivity contribution in [1.82, 2.24) is 14.8 Å². The number of anilines is 2. The topological polar surface area (TPSA) is 152 Å². The number of carbonyl (C=O) groups excluding carboxylic acids is 1. The predicted octanol–water partition coefficient (Wildman–Crippen LogP) is 4.82. The summed E-state index contributed by atoms with van der Waals surface area (Å²) in [6.45, 7) is 1.73. The molecule has 2 heterocycles. The highest BCUT2D eigenvalue weighted by Crippen LogP contribution is 2.42. The molecule has 1 amide bonds. The number of benzene rings is 3. The van der Waals surface area contributed by atoms with Crippen LogP contribution in [0, 0.1) is 10.1 Å². The van der Waals surface area contributed by atoms with Gasteiger partial charge in [-0.1, -0.05) is 24.3 Å². The van der Waals surface area contributed by atoms with E-state index < -0.39 is 16.9 Å². The van der Waals surface area contributed by atoms with Gasteiger partial charge in [0.25, 0.3) is 11.6 Å². The van der Waals surface area contributed by atoms with Gasteiger partial charge in [-0.15, -0.1) is 5.10 Å². The smallest absolute Gasteiger partial charge is 0.269 e. The van der Waals surface area contributed by atoms with Crippen LogP contribution >= 0.6 is 0 Å². The predicted molar refractivity (Wildman–Crippen MR) is 154 cm³/mol. The Morgan fingerprint density at radius 3 is 2.29 bits per heavy atom. The maximum atomic E-state index is 13.9. The summed E-state index contributed by atoms with van der Waals surface area (Å²) in [6.07, 6.45) is 0. The Morgan fingerprint density at radius 2 is 1.64 bits per heavy atom. The lowest BCUT2D eigenvalue weighted by molar-refractivity contribution is -0.384. The van der Waals surface area contributed by atoms with Crippen molar-refractivity contribution < 1.29 is 28.7 Å². The first-order chi connectivity index (χ1) is 20.3. The molecule has 1 aliphatic rings. The van der Waals surface area contributed by atoms with E-state index in [-0.39, 0.29) is 11.3 Å². The van der Waals surface area contributed by atoms with Crippen molar-refractivity contribution in [2.24, 2.45) is 0 Å². The highest BCUT2D eigenvalue weighted by atomic mass is 16.6. The molecular formula is C29H28N6O7. The summed E-state index contributed by atoms with van der Waals surface area (Å²) in [5.41, 5.74) is 2.15. The first-order valence-corrected chi connectivity index (χ1v) is 12.7. The summed E-state index contributed by atoms with van der Waals surface area (Å²) in [4.78, 5) is 29.7. The van der Waals surface area contributed by atoms with E-state index in [2.05, 4.69) is 15.6 Å². The van der Waals surface area contributed by atoms with Crippen LogP contribution in [0.1, 0.15) is 18.5 Å². The summed E-state index contributed by atoms with van der Waals surface area (Å²) in [6, 6.07) is 15.6. The molecule has 13 heteroatoms. The number of ether oxygens (including phenoxy) is 4. The fourth-order valence-corrected chi connectivity index (χ4v) is 4.83. The molecule has 1 unspecified atom stereocenters. The molecule has 0 aliphatic carbocycles. The number of methoxy groups -OCH3 is 4. The van der Waals surface area contributed by atoms with Crippen LogP contribution in [0.25, 0.3) is 11.4 Å². The number of non-ortho nitro benzene ring substituents is 1. The molecule has 0 saturated heterocycles. The SMILES string of the molecule is COc1ccccc1NC(=O)C1=C(C)Nc2nc(-c3cc(OC)c(OC)c(OC)c3)nn2C1c1cccc([N+](=O)[O-])c1. The van der Waals surface area contributed by atoms with Gasteiger partial charge in [0.2, 0.25) is 11.7 Å². The molecule has 0 radical (unpaired) electrons. The summed E-state index contributed by atoms with van der Waals surface area (Å²) >= 11 is 0. The number of hydrogen-bond acceptors (Lipinski definition) is 10. The van der Waals surface area contributed by atoms with Gasteiger partial charge in [-0.25, -0.2) is 4.68 Å². The van der Waals surface area contributed by atoms with Crippen molar-refractivity contribution in [3.63, 3.8) is 0 Å². The number of carbonyl (C=O) groups is 1. The molecule has 216 valence electrons. The molecule has 13 nitrogen and oxygen atoms in total. The molecule has 1 aliphatic heterocycles. The van der Waals surface area contributed by atoms with Crippen molar-refractivity contribution >= 4 is 23.2 Å². The number of rotatable bonds is 9. The molecule has 4 aromatic rings. The first-order valence-electron chi connectivity index (χ1n) is 12.7. The molecule has 1 atom stereocenters. The second-order valence-corrected chi connectivity index (χ2v) is 9.19. The molecule has 5 rings (SSSR count). The molecule has 0 spiro atoms. The second-order valence-electron chi connectivity index (χ2n) is 9.19. The average molecular weight is 573 g/mol. The zero-order chi connectivity index (χ0) is 30.0. The van der Waals surface area contributed by atoms with Gasteiger partial charge in [-0.05, 0) is 36.8 Å². The van der Waals surface area contributed by atoms with Crippen molar-refractivity contribution in [2.75, 3.05) is 39.1 Å². The molecule has 2 N–H and O–H groups in total. The van der Waals surface area contributed by atoms with E-state index in [4.69, 9.17) is 24.0 Å². The van der Waals surface area contributed by atoms with Crippen LogP contribution in [0.15, 0.2) is 71.9 Å². The second kappa shape index (κ2) is 11.5. The average Bonchev–Trinajstić information content (AvgIpc) is 3.43. The highest BCUT2D eigenvalue weighted by Gasteiger charge is 2.35. The fourth-order valence-electron chi connectivity index (χ4n) is 4.83. The number of para-hydroxylation sites is 2. The summed E-state index contributed by atoms with van der Waals surface area (Å²) in [7, 11) is 6.03. The lowest BCUT2D eigenvalue weighted by Gasteiger charge is -2.28. The largest absolute Gasteiger partial charge is 0.495 e. The Balaban J connectivity index is 1.65. The number of nitrogens with one attached hydrogen (secondary N) is 2. The summed E-state index contributed by atoms with van der Waals surface area (Å²) in [5.74, 6) is 1.89. The quantitative estimate of drug-likeness (QED) is 0.211. The van der Waals surface area contributed by atoms with Gasteiger partial charge in [0.15, 0.2) is 17.3 Å². The van der Waals surface area contributed by atoms with Crippen molar-refractivity contribution in [3.05, 3.63) is 87.6 Å². The standard InChI is InChI=1S/C29H28N6O7/c1-16-24(28(36)31-20-11-6-7-12-21(20)39-2)25(17-9-8-10-19(13-17)35(37)38)34-29(30-16)32-27(33-34)18-14-22(40-3)26(42-5)23(15-18)41-4/h6-15,25H,1-5H3,(H,31,36)(H,30,32,33). The number of amides is 1. The van der Waals surface area contributed by atoms with Crippen LogP contribution < -0.4 is 29.6 Å². The zero-order valence-electron chi connectivity index (χ0n) is 23.5. The number of nitrogens with zero attached hydrogens (tertiary/aromatic N) is 4. The van der Waals surface area contributed by atoms with E-state index >= 15 is 0 Å². The Morgan fingerprint density at radius 1 is 0.952 bits per heavy atom. The van der Waals surface area contributed by atoms with Gasteiger partial charge in [0, 0.05) is 23.4 Å². The van der Waals surface area contributed by atoms with E-state index in [1.165, 1.54) is 45.3 Å². The lowest BCUT2D eigenvalue weighted by atomic mass is 9.94. The van der Waals surface area contributed by atoms with Crippen LogP contribution in [0.2, 0.25) is 0 Å². The molecule has 1 aromatic heterocycles. The molecule has 3 aromatic carbocycles. The van der Waals surface area contributed by atoms with E-state index in [1.807, 2.05) is 0 Å². The van der Waals surface area contributed by atoms with Gasteiger partial charge in [-0.3, -0.25) is 14.9 Å². The third kappa shape index (κ3) is 5.03. The Bertz CT molecular complexity index is 1690. The van der Waals surface area contributed by atoms with Crippen molar-refractivity contribution in [1.29, 1.82) is 0 Å².